The summed E-state index contributed by atoms with van der Waals surface area (Å²) in [6, 6.07) is 39.4. The van der Waals surface area contributed by atoms with E-state index in [2.05, 4.69) is 148 Å². The average molecular weight is 819 g/mol. The van der Waals surface area contributed by atoms with Gasteiger partial charge < -0.3 is 0 Å². The summed E-state index contributed by atoms with van der Waals surface area (Å²) in [7, 11) is 0. The first-order valence-corrected chi connectivity index (χ1v) is 20.8. The van der Waals surface area contributed by atoms with Crippen molar-refractivity contribution in [1.82, 2.24) is 60.0 Å². The molecule has 0 radical (unpaired) electrons. The first kappa shape index (κ1) is 40.1. The number of aromatic nitrogens is 12. The largest absolute Gasteiger partial charge is 0.220 e. The molecule has 4 heterocycles. The molecule has 0 bridgehead atoms. The van der Waals surface area contributed by atoms with Crippen LogP contribution in [-0.4, -0.2) is 60.0 Å². The minimum atomic E-state index is -0.169. The molecule has 62 heavy (non-hydrogen) atoms. The Bertz CT molecular complexity index is 2820. The van der Waals surface area contributed by atoms with Crippen molar-refractivity contribution in [1.29, 1.82) is 0 Å². The van der Waals surface area contributed by atoms with Gasteiger partial charge in [-0.3, -0.25) is 0 Å². The minimum absolute atomic E-state index is 0.124. The first-order valence-electron chi connectivity index (χ1n) is 20.8. The summed E-state index contributed by atoms with van der Waals surface area (Å²) in [5, 5.41) is 36.8. The molecular weight excluding hydrogens is 769 g/mol. The summed E-state index contributed by atoms with van der Waals surface area (Å²) in [5.41, 5.74) is 13.5. The van der Waals surface area contributed by atoms with E-state index in [-0.39, 0.29) is 16.2 Å². The molecule has 9 rings (SSSR count). The van der Waals surface area contributed by atoms with Gasteiger partial charge >= 0.3 is 0 Å². The lowest BCUT2D eigenvalue weighted by Crippen LogP contribution is -2.13. The molecule has 9 aromatic rings. The third-order valence-corrected chi connectivity index (χ3v) is 11.1. The van der Waals surface area contributed by atoms with Gasteiger partial charge in [-0.05, 0) is 112 Å². The van der Waals surface area contributed by atoms with Crippen molar-refractivity contribution in [2.75, 3.05) is 0 Å². The van der Waals surface area contributed by atoms with Crippen LogP contribution in [0.1, 0.15) is 79.0 Å². The van der Waals surface area contributed by atoms with E-state index in [4.69, 9.17) is 10.2 Å². The molecule has 12 nitrogen and oxygen atoms in total. The highest BCUT2D eigenvalue weighted by Crippen LogP contribution is 2.35. The molecule has 310 valence electrons. The predicted octanol–water partition coefficient (Wildman–Crippen LogP) is 10.6. The lowest BCUT2D eigenvalue weighted by atomic mass is 9.84. The Kier molecular flexibility index (Phi) is 9.88. The van der Waals surface area contributed by atoms with Gasteiger partial charge in [-0.15, -0.1) is 20.4 Å². The predicted molar refractivity (Wildman–Crippen MR) is 244 cm³/mol. The number of nitrogens with zero attached hydrogens (tertiary/aromatic N) is 12. The number of hydrogen-bond donors (Lipinski definition) is 0. The van der Waals surface area contributed by atoms with Crippen LogP contribution in [0, 0.1) is 0 Å². The second-order valence-electron chi connectivity index (χ2n) is 19.0. The maximum atomic E-state index is 4.72. The van der Waals surface area contributed by atoms with Crippen molar-refractivity contribution < 1.29 is 0 Å². The van der Waals surface area contributed by atoms with E-state index in [0.717, 1.165) is 84.5 Å². The van der Waals surface area contributed by atoms with Crippen LogP contribution in [-0.2, 0) is 16.2 Å². The molecule has 0 spiro atoms. The molecule has 0 aliphatic rings. The second-order valence-corrected chi connectivity index (χ2v) is 19.0. The molecule has 0 aliphatic carbocycles. The fourth-order valence-electron chi connectivity index (χ4n) is 7.26. The van der Waals surface area contributed by atoms with Gasteiger partial charge in [0.1, 0.15) is 22.8 Å². The molecule has 0 atom stereocenters. The SMILES string of the molecule is CC(C)(C)c1cc(-c2cn(-c3ccccc3)nn2)cc(-c2cn(-c3cc(-n4cc(-c5cc(-c6cn(-c7ccccc7)nn6)cc(C(C)(C)C)c5)nn4)cc(C(C)(C)C)c3)nn2)c1. The molecule has 0 N–H and O–H groups in total. The molecule has 0 aliphatic heterocycles. The van der Waals surface area contributed by atoms with Gasteiger partial charge in [0.25, 0.3) is 0 Å². The Hall–Kier alpha value is -7.34. The van der Waals surface area contributed by atoms with Crippen molar-refractivity contribution in [3.05, 3.63) is 157 Å². The van der Waals surface area contributed by atoms with Crippen LogP contribution in [0.4, 0.5) is 0 Å². The second kappa shape index (κ2) is 15.3. The zero-order chi connectivity index (χ0) is 43.4. The van der Waals surface area contributed by atoms with E-state index >= 15 is 0 Å². The quantitative estimate of drug-likeness (QED) is 0.148. The molecule has 0 saturated heterocycles. The van der Waals surface area contributed by atoms with Crippen molar-refractivity contribution in [3.63, 3.8) is 0 Å². The summed E-state index contributed by atoms with van der Waals surface area (Å²) in [5.74, 6) is 0. The van der Waals surface area contributed by atoms with Gasteiger partial charge in [0.15, 0.2) is 0 Å². The zero-order valence-corrected chi connectivity index (χ0v) is 36.6. The van der Waals surface area contributed by atoms with Crippen LogP contribution in [0.3, 0.4) is 0 Å². The molecule has 0 fully saturated rings. The number of rotatable bonds is 8. The fraction of sp³-hybridized carbons (Fsp3) is 0.240. The van der Waals surface area contributed by atoms with Gasteiger partial charge in [0, 0.05) is 22.3 Å². The van der Waals surface area contributed by atoms with Crippen molar-refractivity contribution in [2.45, 2.75) is 78.6 Å². The third kappa shape index (κ3) is 8.23. The summed E-state index contributed by atoms with van der Waals surface area (Å²) >= 11 is 0. The first-order chi connectivity index (χ1) is 29.5. The Morgan fingerprint density at radius 1 is 0.306 bits per heavy atom. The standard InChI is InChI=1S/C50H50N12/c1-48(2,3)37-22-33(44-29-59(55-51-44)40-16-12-10-13-17-40)20-35(24-37)46-31-61(57-53-46)42-26-39(50(7,8)9)27-43(28-42)62-32-47(54-58-62)36-21-34(23-38(25-36)49(4,5)6)45-30-60(56-52-45)41-18-14-11-15-19-41/h10-32H,1-9H3. The molecule has 0 amide bonds. The van der Waals surface area contributed by atoms with Gasteiger partial charge in [-0.2, -0.15) is 0 Å². The third-order valence-electron chi connectivity index (χ3n) is 11.1. The summed E-state index contributed by atoms with van der Waals surface area (Å²) < 4.78 is 7.27. The fourth-order valence-corrected chi connectivity index (χ4v) is 7.26. The normalized spacial score (nSPS) is 12.3. The number of benzene rings is 5. The highest BCUT2D eigenvalue weighted by atomic mass is 15.4. The molecule has 12 heteroatoms. The van der Waals surface area contributed by atoms with E-state index in [9.17, 15) is 0 Å². The zero-order valence-electron chi connectivity index (χ0n) is 36.6. The maximum Gasteiger partial charge on any atom is 0.113 e. The molecule has 4 aromatic heterocycles. The van der Waals surface area contributed by atoms with Crippen LogP contribution >= 0.6 is 0 Å². The smallest absolute Gasteiger partial charge is 0.113 e. The maximum absolute atomic E-state index is 4.72. The molecule has 0 unspecified atom stereocenters. The van der Waals surface area contributed by atoms with E-state index in [0.29, 0.717) is 0 Å². The van der Waals surface area contributed by atoms with Gasteiger partial charge in [-0.1, -0.05) is 120 Å². The van der Waals surface area contributed by atoms with Gasteiger partial charge in [0.05, 0.1) is 47.5 Å². The molecule has 5 aromatic carbocycles. The molecular formula is C50H50N12. The topological polar surface area (TPSA) is 123 Å². The Balaban J connectivity index is 1.07. The van der Waals surface area contributed by atoms with Crippen LogP contribution < -0.4 is 0 Å². The van der Waals surface area contributed by atoms with Crippen molar-refractivity contribution in [2.24, 2.45) is 0 Å². The Morgan fingerprint density at radius 2 is 0.581 bits per heavy atom. The van der Waals surface area contributed by atoms with Crippen LogP contribution in [0.15, 0.2) is 140 Å². The van der Waals surface area contributed by atoms with E-state index in [1.165, 1.54) is 0 Å². The van der Waals surface area contributed by atoms with E-state index in [1.54, 1.807) is 9.36 Å². The highest BCUT2D eigenvalue weighted by molar-refractivity contribution is 5.72. The van der Waals surface area contributed by atoms with Crippen LogP contribution in [0.5, 0.6) is 0 Å². The Morgan fingerprint density at radius 3 is 0.871 bits per heavy atom. The highest BCUT2D eigenvalue weighted by Gasteiger charge is 2.23. The summed E-state index contributed by atoms with van der Waals surface area (Å²) in [6.45, 7) is 19.9. The Labute approximate surface area is 361 Å². The number of hydrogen-bond acceptors (Lipinski definition) is 8. The monoisotopic (exact) mass is 818 g/mol. The lowest BCUT2D eigenvalue weighted by molar-refractivity contribution is 0.588. The minimum Gasteiger partial charge on any atom is -0.220 e. The van der Waals surface area contributed by atoms with E-state index < -0.39 is 0 Å². The molecule has 0 saturated carbocycles. The van der Waals surface area contributed by atoms with Gasteiger partial charge in [-0.25, -0.2) is 18.7 Å². The van der Waals surface area contributed by atoms with Crippen molar-refractivity contribution >= 4 is 0 Å². The van der Waals surface area contributed by atoms with E-state index in [1.807, 2.05) is 94.8 Å². The summed E-state index contributed by atoms with van der Waals surface area (Å²) in [4.78, 5) is 0. The van der Waals surface area contributed by atoms with Gasteiger partial charge in [0.2, 0.25) is 0 Å². The van der Waals surface area contributed by atoms with Crippen LogP contribution in [0.25, 0.3) is 67.8 Å². The van der Waals surface area contributed by atoms with Crippen LogP contribution in [0.2, 0.25) is 0 Å². The van der Waals surface area contributed by atoms with Crippen molar-refractivity contribution in [3.8, 4) is 67.8 Å². The average Bonchev–Trinajstić information content (AvgIpc) is 4.11. The number of para-hydroxylation sites is 2. The summed E-state index contributed by atoms with van der Waals surface area (Å²) in [6.07, 6.45) is 7.90. The lowest BCUT2D eigenvalue weighted by Gasteiger charge is -2.21.